The average Bonchev–Trinajstić information content (AvgIpc) is 3.62. The Kier molecular flexibility index (Phi) is 8.36. The molecule has 0 saturated carbocycles. The molecule has 5 rings (SSSR count). The van der Waals surface area contributed by atoms with Crippen molar-refractivity contribution < 1.29 is 31.9 Å². The first-order valence-electron chi connectivity index (χ1n) is 13.1. The molecule has 2 N–H and O–H groups in total. The highest BCUT2D eigenvalue weighted by atomic mass is 19.4. The first-order valence-corrected chi connectivity index (χ1v) is 13.1. The molecule has 2 heterocycles. The summed E-state index contributed by atoms with van der Waals surface area (Å²) in [6.07, 6.45) is -4.25. The topological polar surface area (TPSA) is 114 Å². The van der Waals surface area contributed by atoms with Crippen LogP contribution in [0, 0.1) is 0 Å². The number of aryl methyl sites for hydroxylation is 1. The number of nitrogens with one attached hydrogen (secondary N) is 2. The lowest BCUT2D eigenvalue weighted by atomic mass is 10.1. The lowest BCUT2D eigenvalue weighted by Gasteiger charge is -2.21. The van der Waals surface area contributed by atoms with Gasteiger partial charge in [-0.2, -0.15) is 0 Å². The quantitative estimate of drug-likeness (QED) is 0.275. The van der Waals surface area contributed by atoms with Gasteiger partial charge < -0.3 is 10.1 Å². The van der Waals surface area contributed by atoms with Crippen LogP contribution in [-0.2, 0) is 11.2 Å². The summed E-state index contributed by atoms with van der Waals surface area (Å²) in [6.45, 7) is 1.51. The third kappa shape index (κ3) is 6.97. The number of nitrogens with zero attached hydrogens (tertiary/aromatic N) is 5. The zero-order chi connectivity index (χ0) is 30.6. The molecular formula is C29H25F4N7O3. The molecule has 0 radical (unpaired) electrons. The number of halogens is 4. The molecule has 1 aromatic heterocycles. The molecule has 3 amide bonds. The summed E-state index contributed by atoms with van der Waals surface area (Å²) >= 11 is 0. The Labute approximate surface area is 243 Å². The SMILES string of the molecule is CCc1ccccc1N1C(=O)CN=C1NC(=O)NCC(F)c1ccc(-c2ncn(-c3ccc(OC(F)(F)F)cc3)n2)cc1. The van der Waals surface area contributed by atoms with Crippen molar-refractivity contribution >= 4 is 23.6 Å². The molecule has 1 aliphatic heterocycles. The first kappa shape index (κ1) is 29.2. The van der Waals surface area contributed by atoms with Gasteiger partial charge in [0.05, 0.1) is 17.9 Å². The van der Waals surface area contributed by atoms with Crippen molar-refractivity contribution in [3.05, 3.63) is 90.3 Å². The molecule has 0 aliphatic carbocycles. The molecule has 0 saturated heterocycles. The smallest absolute Gasteiger partial charge is 0.406 e. The van der Waals surface area contributed by atoms with Crippen LogP contribution in [0.2, 0.25) is 0 Å². The Balaban J connectivity index is 1.16. The van der Waals surface area contributed by atoms with Gasteiger partial charge in [-0.05, 0) is 47.9 Å². The monoisotopic (exact) mass is 595 g/mol. The second-order valence-electron chi connectivity index (χ2n) is 9.33. The number of ether oxygens (including phenoxy) is 1. The Morgan fingerprint density at radius 1 is 1.05 bits per heavy atom. The molecule has 0 spiro atoms. The van der Waals surface area contributed by atoms with Crippen LogP contribution in [-0.4, -0.2) is 52.1 Å². The highest BCUT2D eigenvalue weighted by Gasteiger charge is 2.31. The zero-order valence-corrected chi connectivity index (χ0v) is 22.7. The average molecular weight is 596 g/mol. The third-order valence-corrected chi connectivity index (χ3v) is 6.46. The molecular weight excluding hydrogens is 570 g/mol. The normalized spacial score (nSPS) is 13.9. The van der Waals surface area contributed by atoms with Gasteiger partial charge in [0, 0.05) is 5.56 Å². The van der Waals surface area contributed by atoms with E-state index in [1.165, 1.54) is 40.2 Å². The number of aliphatic imine (C=N–C) groups is 1. The number of alkyl halides is 4. The van der Waals surface area contributed by atoms with Crippen LogP contribution in [0.25, 0.3) is 17.1 Å². The van der Waals surface area contributed by atoms with E-state index in [0.29, 0.717) is 34.7 Å². The number of hydrogen-bond acceptors (Lipinski definition) is 6. The molecule has 14 heteroatoms. The minimum atomic E-state index is -4.79. The molecule has 0 bridgehead atoms. The summed E-state index contributed by atoms with van der Waals surface area (Å²) in [5.74, 6) is -0.258. The van der Waals surface area contributed by atoms with Gasteiger partial charge in [-0.3, -0.25) is 10.1 Å². The fourth-order valence-corrected chi connectivity index (χ4v) is 4.38. The van der Waals surface area contributed by atoms with Crippen molar-refractivity contribution in [3.63, 3.8) is 0 Å². The van der Waals surface area contributed by atoms with E-state index in [4.69, 9.17) is 0 Å². The van der Waals surface area contributed by atoms with Gasteiger partial charge in [-0.25, -0.2) is 28.7 Å². The summed E-state index contributed by atoms with van der Waals surface area (Å²) < 4.78 is 57.3. The van der Waals surface area contributed by atoms with Crippen LogP contribution < -0.4 is 20.3 Å². The zero-order valence-electron chi connectivity index (χ0n) is 22.7. The highest BCUT2D eigenvalue weighted by molar-refractivity contribution is 6.23. The van der Waals surface area contributed by atoms with E-state index in [0.717, 1.165) is 17.7 Å². The summed E-state index contributed by atoms with van der Waals surface area (Å²) in [5.41, 5.74) is 2.88. The van der Waals surface area contributed by atoms with Crippen LogP contribution >= 0.6 is 0 Å². The summed E-state index contributed by atoms with van der Waals surface area (Å²) in [7, 11) is 0. The van der Waals surface area contributed by atoms with Gasteiger partial charge in [-0.15, -0.1) is 18.3 Å². The van der Waals surface area contributed by atoms with Gasteiger partial charge in [0.15, 0.2) is 5.82 Å². The van der Waals surface area contributed by atoms with Crippen LogP contribution in [0.1, 0.15) is 24.2 Å². The molecule has 3 aromatic carbocycles. The van der Waals surface area contributed by atoms with E-state index in [9.17, 15) is 27.2 Å². The molecule has 222 valence electrons. The number of anilines is 1. The van der Waals surface area contributed by atoms with Crippen molar-refractivity contribution in [2.24, 2.45) is 4.99 Å². The van der Waals surface area contributed by atoms with Gasteiger partial charge >= 0.3 is 12.4 Å². The molecule has 1 atom stereocenters. The lowest BCUT2D eigenvalue weighted by molar-refractivity contribution is -0.274. The number of benzene rings is 3. The van der Waals surface area contributed by atoms with Crippen LogP contribution in [0.3, 0.4) is 0 Å². The number of carbonyl (C=O) groups excluding carboxylic acids is 2. The molecule has 1 unspecified atom stereocenters. The molecule has 0 fully saturated rings. The van der Waals surface area contributed by atoms with E-state index in [1.807, 2.05) is 19.1 Å². The fraction of sp³-hybridized carbons (Fsp3) is 0.207. The number of urea groups is 1. The van der Waals surface area contributed by atoms with Gasteiger partial charge in [0.25, 0.3) is 5.91 Å². The summed E-state index contributed by atoms with van der Waals surface area (Å²) in [5, 5.41) is 9.33. The van der Waals surface area contributed by atoms with Gasteiger partial charge in [-0.1, -0.05) is 49.4 Å². The number of aromatic nitrogens is 3. The van der Waals surface area contributed by atoms with Gasteiger partial charge in [0.1, 0.15) is 24.8 Å². The summed E-state index contributed by atoms with van der Waals surface area (Å²) in [4.78, 5) is 34.7. The fourth-order valence-electron chi connectivity index (χ4n) is 4.38. The van der Waals surface area contributed by atoms with E-state index in [2.05, 4.69) is 30.4 Å². The maximum absolute atomic E-state index is 15.0. The highest BCUT2D eigenvalue weighted by Crippen LogP contribution is 2.26. The van der Waals surface area contributed by atoms with Crippen molar-refractivity contribution in [1.29, 1.82) is 0 Å². The number of guanidine groups is 1. The van der Waals surface area contributed by atoms with Crippen molar-refractivity contribution in [2.45, 2.75) is 25.9 Å². The van der Waals surface area contributed by atoms with E-state index >= 15 is 0 Å². The molecule has 1 aliphatic rings. The number of hydrogen-bond donors (Lipinski definition) is 2. The summed E-state index contributed by atoms with van der Waals surface area (Å²) in [6, 6.07) is 18.0. The number of carbonyl (C=O) groups is 2. The first-order chi connectivity index (χ1) is 20.6. The largest absolute Gasteiger partial charge is 0.573 e. The minimum Gasteiger partial charge on any atom is -0.406 e. The van der Waals surface area contributed by atoms with Crippen LogP contribution in [0.5, 0.6) is 5.75 Å². The number of rotatable bonds is 8. The number of amides is 3. The second kappa shape index (κ2) is 12.3. The minimum absolute atomic E-state index is 0.0701. The molecule has 4 aromatic rings. The lowest BCUT2D eigenvalue weighted by Crippen LogP contribution is -2.48. The van der Waals surface area contributed by atoms with Crippen molar-refractivity contribution in [2.75, 3.05) is 18.0 Å². The van der Waals surface area contributed by atoms with Crippen LogP contribution in [0.15, 0.2) is 84.1 Å². The number of para-hydroxylation sites is 1. The van der Waals surface area contributed by atoms with E-state index in [-0.39, 0.29) is 30.7 Å². The standard InChI is InChI=1S/C29H25F4N7O3/c1-2-18-5-3-4-6-24(18)40-25(41)16-34-27(40)37-28(42)35-15-23(30)19-7-9-20(10-8-19)26-36-17-39(38-26)21-11-13-22(14-12-21)43-29(31,32)33/h3-14,17,23H,2,15-16H2,1H3,(H2,34,35,37,42). The van der Waals surface area contributed by atoms with E-state index < -0.39 is 18.6 Å². The van der Waals surface area contributed by atoms with Crippen molar-refractivity contribution in [3.8, 4) is 22.8 Å². The Morgan fingerprint density at radius 3 is 2.47 bits per heavy atom. The predicted octanol–water partition coefficient (Wildman–Crippen LogP) is 5.11. The maximum atomic E-state index is 15.0. The maximum Gasteiger partial charge on any atom is 0.573 e. The molecule has 43 heavy (non-hydrogen) atoms. The Bertz CT molecular complexity index is 1640. The predicted molar refractivity (Wildman–Crippen MR) is 149 cm³/mol. The second-order valence-corrected chi connectivity index (χ2v) is 9.33. The third-order valence-electron chi connectivity index (χ3n) is 6.46. The molecule has 10 nitrogen and oxygen atoms in total. The van der Waals surface area contributed by atoms with E-state index in [1.54, 1.807) is 24.3 Å². The van der Waals surface area contributed by atoms with Crippen molar-refractivity contribution in [1.82, 2.24) is 25.4 Å². The Hall–Kier alpha value is -5.27. The van der Waals surface area contributed by atoms with Crippen LogP contribution in [0.4, 0.5) is 28.0 Å². The van der Waals surface area contributed by atoms with Gasteiger partial charge in [0.2, 0.25) is 5.96 Å². The Morgan fingerprint density at radius 2 is 1.77 bits per heavy atom.